The van der Waals surface area contributed by atoms with Crippen molar-refractivity contribution in [1.29, 1.82) is 0 Å². The number of nitrogens with one attached hydrogen (secondary N) is 1. The maximum atomic E-state index is 13.5. The molecule has 0 bridgehead atoms. The summed E-state index contributed by atoms with van der Waals surface area (Å²) in [6, 6.07) is 25.2. The van der Waals surface area contributed by atoms with Gasteiger partial charge < -0.3 is 15.0 Å². The third kappa shape index (κ3) is 7.09. The average Bonchev–Trinajstić information content (AvgIpc) is 2.84. The summed E-state index contributed by atoms with van der Waals surface area (Å²) >= 11 is 6.18. The van der Waals surface area contributed by atoms with Crippen LogP contribution in [-0.4, -0.2) is 29.9 Å². The normalized spacial score (nSPS) is 11.5. The predicted molar refractivity (Wildman–Crippen MR) is 131 cm³/mol. The van der Waals surface area contributed by atoms with Crippen LogP contribution in [0.3, 0.4) is 0 Å². The monoisotopic (exact) mass is 464 g/mol. The Morgan fingerprint density at radius 3 is 2.24 bits per heavy atom. The van der Waals surface area contributed by atoms with E-state index in [4.69, 9.17) is 16.3 Å². The molecule has 172 valence electrons. The Kier molecular flexibility index (Phi) is 9.33. The van der Waals surface area contributed by atoms with E-state index < -0.39 is 6.04 Å². The van der Waals surface area contributed by atoms with Gasteiger partial charge in [-0.15, -0.1) is 0 Å². The number of ether oxygens (including phenoxy) is 1. The zero-order valence-corrected chi connectivity index (χ0v) is 19.5. The number of carbonyl (C=O) groups excluding carboxylic acids is 2. The third-order valence-corrected chi connectivity index (χ3v) is 5.52. The second kappa shape index (κ2) is 12.7. The first kappa shape index (κ1) is 24.3. The summed E-state index contributed by atoms with van der Waals surface area (Å²) in [4.78, 5) is 28.3. The Labute approximate surface area is 200 Å². The maximum absolute atomic E-state index is 13.5. The van der Waals surface area contributed by atoms with Gasteiger partial charge in [0.15, 0.2) is 6.61 Å². The average molecular weight is 465 g/mol. The topological polar surface area (TPSA) is 58.6 Å². The first-order chi connectivity index (χ1) is 16.1. The van der Waals surface area contributed by atoms with Gasteiger partial charge in [0.1, 0.15) is 11.8 Å². The number of carbonyl (C=O) groups is 2. The quantitative estimate of drug-likeness (QED) is 0.386. The van der Waals surface area contributed by atoms with Crippen LogP contribution >= 0.6 is 11.6 Å². The van der Waals surface area contributed by atoms with Crippen LogP contribution in [0.5, 0.6) is 5.75 Å². The first-order valence-electron chi connectivity index (χ1n) is 11.1. The van der Waals surface area contributed by atoms with E-state index in [1.807, 2.05) is 60.7 Å². The van der Waals surface area contributed by atoms with E-state index >= 15 is 0 Å². The Hall–Kier alpha value is -3.31. The van der Waals surface area contributed by atoms with Crippen molar-refractivity contribution in [2.24, 2.45) is 0 Å². The second-order valence-electron chi connectivity index (χ2n) is 7.68. The highest BCUT2D eigenvalue weighted by molar-refractivity contribution is 6.32. The van der Waals surface area contributed by atoms with Crippen molar-refractivity contribution >= 4 is 23.4 Å². The fraction of sp³-hybridized carbons (Fsp3) is 0.259. The standard InChI is InChI=1S/C27H29ClN2O3/c1-2-3-18-29-27(32)26(22-14-8-5-9-15-22)30(19-21-12-6-4-7-13-21)25(31)20-33-24-17-11-10-16-23(24)28/h4-17,26H,2-3,18-20H2,1H3,(H,29,32)/t26-/m0/s1. The van der Waals surface area contributed by atoms with Crippen LogP contribution in [0.25, 0.3) is 0 Å². The summed E-state index contributed by atoms with van der Waals surface area (Å²) in [5.41, 5.74) is 1.67. The van der Waals surface area contributed by atoms with Crippen LogP contribution in [-0.2, 0) is 16.1 Å². The molecule has 0 aliphatic carbocycles. The van der Waals surface area contributed by atoms with Crippen molar-refractivity contribution in [2.75, 3.05) is 13.2 Å². The number of amides is 2. The summed E-state index contributed by atoms with van der Waals surface area (Å²) < 4.78 is 5.73. The smallest absolute Gasteiger partial charge is 0.261 e. The number of unbranched alkanes of at least 4 members (excludes halogenated alkanes) is 1. The van der Waals surface area contributed by atoms with E-state index in [9.17, 15) is 9.59 Å². The van der Waals surface area contributed by atoms with E-state index in [-0.39, 0.29) is 25.0 Å². The molecule has 3 aromatic rings. The van der Waals surface area contributed by atoms with Gasteiger partial charge >= 0.3 is 0 Å². The molecule has 33 heavy (non-hydrogen) atoms. The molecule has 1 N–H and O–H groups in total. The van der Waals surface area contributed by atoms with Crippen LogP contribution in [0.1, 0.15) is 36.9 Å². The molecule has 0 spiro atoms. The van der Waals surface area contributed by atoms with Crippen LogP contribution in [0.2, 0.25) is 5.02 Å². The van der Waals surface area contributed by atoms with Crippen molar-refractivity contribution in [3.05, 3.63) is 101 Å². The second-order valence-corrected chi connectivity index (χ2v) is 8.09. The minimum Gasteiger partial charge on any atom is -0.482 e. The lowest BCUT2D eigenvalue weighted by Gasteiger charge is -2.31. The molecule has 0 aliphatic rings. The molecule has 3 rings (SSSR count). The van der Waals surface area contributed by atoms with Gasteiger partial charge in [0.25, 0.3) is 5.91 Å². The van der Waals surface area contributed by atoms with E-state index in [2.05, 4.69) is 12.2 Å². The van der Waals surface area contributed by atoms with E-state index in [0.29, 0.717) is 17.3 Å². The van der Waals surface area contributed by atoms with Gasteiger partial charge in [-0.25, -0.2) is 0 Å². The molecular weight excluding hydrogens is 436 g/mol. The zero-order chi connectivity index (χ0) is 23.5. The molecule has 0 fully saturated rings. The Morgan fingerprint density at radius 1 is 0.939 bits per heavy atom. The number of rotatable bonds is 11. The Morgan fingerprint density at radius 2 is 1.58 bits per heavy atom. The fourth-order valence-corrected chi connectivity index (χ4v) is 3.67. The maximum Gasteiger partial charge on any atom is 0.261 e. The molecule has 1 atom stereocenters. The molecule has 0 aliphatic heterocycles. The molecule has 0 aromatic heterocycles. The molecule has 2 amide bonds. The van der Waals surface area contributed by atoms with Crippen molar-refractivity contribution < 1.29 is 14.3 Å². The highest BCUT2D eigenvalue weighted by atomic mass is 35.5. The van der Waals surface area contributed by atoms with Crippen LogP contribution in [0, 0.1) is 0 Å². The minimum absolute atomic E-state index is 0.211. The lowest BCUT2D eigenvalue weighted by atomic mass is 10.0. The van der Waals surface area contributed by atoms with Gasteiger partial charge in [0.2, 0.25) is 5.91 Å². The summed E-state index contributed by atoms with van der Waals surface area (Å²) in [6.07, 6.45) is 1.84. The summed E-state index contributed by atoms with van der Waals surface area (Å²) in [5.74, 6) is -0.0919. The van der Waals surface area contributed by atoms with E-state index in [1.165, 1.54) is 0 Å². The Bertz CT molecular complexity index is 1030. The van der Waals surface area contributed by atoms with Crippen LogP contribution in [0.4, 0.5) is 0 Å². The van der Waals surface area contributed by atoms with Crippen molar-refractivity contribution in [1.82, 2.24) is 10.2 Å². The predicted octanol–water partition coefficient (Wildman–Crippen LogP) is 5.41. The van der Waals surface area contributed by atoms with Gasteiger partial charge in [-0.3, -0.25) is 9.59 Å². The molecular formula is C27H29ClN2O3. The molecule has 3 aromatic carbocycles. The molecule has 0 radical (unpaired) electrons. The van der Waals surface area contributed by atoms with E-state index in [0.717, 1.165) is 24.0 Å². The lowest BCUT2D eigenvalue weighted by molar-refractivity contribution is -0.143. The van der Waals surface area contributed by atoms with E-state index in [1.54, 1.807) is 29.2 Å². The van der Waals surface area contributed by atoms with Crippen molar-refractivity contribution in [3.8, 4) is 5.75 Å². The van der Waals surface area contributed by atoms with Gasteiger partial charge in [0.05, 0.1) is 5.02 Å². The summed E-state index contributed by atoms with van der Waals surface area (Å²) in [6.45, 7) is 2.66. The Balaban J connectivity index is 1.90. The zero-order valence-electron chi connectivity index (χ0n) is 18.7. The number of hydrogen-bond donors (Lipinski definition) is 1. The van der Waals surface area contributed by atoms with Crippen molar-refractivity contribution in [3.63, 3.8) is 0 Å². The minimum atomic E-state index is -0.786. The highest BCUT2D eigenvalue weighted by Gasteiger charge is 2.31. The van der Waals surface area contributed by atoms with Crippen molar-refractivity contribution in [2.45, 2.75) is 32.4 Å². The van der Waals surface area contributed by atoms with Gasteiger partial charge in [-0.2, -0.15) is 0 Å². The van der Waals surface area contributed by atoms with Gasteiger partial charge in [-0.1, -0.05) is 97.7 Å². The number of nitrogens with zero attached hydrogens (tertiary/aromatic N) is 1. The number of hydrogen-bond acceptors (Lipinski definition) is 3. The lowest BCUT2D eigenvalue weighted by Crippen LogP contribution is -2.45. The molecule has 0 saturated heterocycles. The highest BCUT2D eigenvalue weighted by Crippen LogP contribution is 2.26. The molecule has 5 nitrogen and oxygen atoms in total. The van der Waals surface area contributed by atoms with Gasteiger partial charge in [-0.05, 0) is 29.7 Å². The van der Waals surface area contributed by atoms with Crippen LogP contribution < -0.4 is 10.1 Å². The number of halogens is 1. The third-order valence-electron chi connectivity index (χ3n) is 5.21. The summed E-state index contributed by atoms with van der Waals surface area (Å²) in [5, 5.41) is 3.42. The molecule has 0 heterocycles. The first-order valence-corrected chi connectivity index (χ1v) is 11.5. The number of para-hydroxylation sites is 1. The van der Waals surface area contributed by atoms with Crippen LogP contribution in [0.15, 0.2) is 84.9 Å². The molecule has 0 unspecified atom stereocenters. The largest absolute Gasteiger partial charge is 0.482 e. The molecule has 6 heteroatoms. The summed E-state index contributed by atoms with van der Waals surface area (Å²) in [7, 11) is 0. The SMILES string of the molecule is CCCCNC(=O)[C@H](c1ccccc1)N(Cc1ccccc1)C(=O)COc1ccccc1Cl. The van der Waals surface area contributed by atoms with Gasteiger partial charge in [0, 0.05) is 13.1 Å². The fourth-order valence-electron chi connectivity index (χ4n) is 3.48. The number of benzene rings is 3. The molecule has 0 saturated carbocycles.